The molecule has 32 heavy (non-hydrogen) atoms. The van der Waals surface area contributed by atoms with E-state index in [1.54, 1.807) is 40.9 Å². The monoisotopic (exact) mass is 439 g/mol. The highest BCUT2D eigenvalue weighted by Gasteiger charge is 2.48. The van der Waals surface area contributed by atoms with Crippen LogP contribution < -0.4 is 5.32 Å². The Morgan fingerprint density at radius 3 is 2.88 bits per heavy atom. The third kappa shape index (κ3) is 3.62. The summed E-state index contributed by atoms with van der Waals surface area (Å²) in [6, 6.07) is 8.74. The van der Waals surface area contributed by atoms with E-state index in [0.29, 0.717) is 28.2 Å². The van der Waals surface area contributed by atoms with Crippen LogP contribution in [0.4, 0.5) is 14.5 Å². The summed E-state index contributed by atoms with van der Waals surface area (Å²) in [6.45, 7) is 1.69. The summed E-state index contributed by atoms with van der Waals surface area (Å²) in [7, 11) is 0. The van der Waals surface area contributed by atoms with Crippen molar-refractivity contribution in [2.75, 3.05) is 5.32 Å². The van der Waals surface area contributed by atoms with Gasteiger partial charge >= 0.3 is 0 Å². The van der Waals surface area contributed by atoms with E-state index in [-0.39, 0.29) is 37.1 Å². The van der Waals surface area contributed by atoms with Crippen molar-refractivity contribution in [1.82, 2.24) is 19.5 Å². The Kier molecular flexibility index (Phi) is 4.74. The number of pyridine rings is 1. The van der Waals surface area contributed by atoms with Crippen molar-refractivity contribution >= 4 is 17.2 Å². The fourth-order valence-electron chi connectivity index (χ4n) is 3.72. The van der Waals surface area contributed by atoms with E-state index in [1.165, 1.54) is 6.20 Å². The van der Waals surface area contributed by atoms with Crippen LogP contribution >= 0.6 is 0 Å². The molecule has 3 heterocycles. The highest BCUT2D eigenvalue weighted by molar-refractivity contribution is 6.04. The smallest absolute Gasteiger partial charge is 0.274 e. The van der Waals surface area contributed by atoms with Crippen LogP contribution in [0.15, 0.2) is 47.2 Å². The molecule has 1 fully saturated rings. The molecule has 1 aliphatic rings. The van der Waals surface area contributed by atoms with Crippen LogP contribution in [0.1, 0.15) is 46.3 Å². The molecule has 8 nitrogen and oxygen atoms in total. The molecular weight excluding hydrogens is 420 g/mol. The summed E-state index contributed by atoms with van der Waals surface area (Å²) in [5, 5.41) is 16.1. The molecule has 0 atom stereocenters. The lowest BCUT2D eigenvalue weighted by Crippen LogP contribution is -2.33. The average molecular weight is 439 g/mol. The van der Waals surface area contributed by atoms with Crippen LogP contribution in [0, 0.1) is 6.92 Å². The van der Waals surface area contributed by atoms with E-state index in [9.17, 15) is 18.7 Å². The van der Waals surface area contributed by atoms with E-state index >= 15 is 0 Å². The Morgan fingerprint density at radius 2 is 2.12 bits per heavy atom. The van der Waals surface area contributed by atoms with E-state index in [0.717, 1.165) is 5.56 Å². The number of anilines is 1. The topological polar surface area (TPSA) is 106 Å². The number of alkyl halides is 2. The van der Waals surface area contributed by atoms with Gasteiger partial charge in [0.05, 0.1) is 12.8 Å². The first-order chi connectivity index (χ1) is 15.3. The summed E-state index contributed by atoms with van der Waals surface area (Å²) in [6.07, 6.45) is 2.54. The lowest BCUT2D eigenvalue weighted by atomic mass is 9.81. The molecule has 1 aliphatic carbocycles. The summed E-state index contributed by atoms with van der Waals surface area (Å²) >= 11 is 0. The molecule has 1 aromatic carbocycles. The van der Waals surface area contributed by atoms with Gasteiger partial charge in [-0.25, -0.2) is 13.8 Å². The van der Waals surface area contributed by atoms with Crippen molar-refractivity contribution in [2.24, 2.45) is 0 Å². The minimum Gasteiger partial charge on any atom is -0.392 e. The van der Waals surface area contributed by atoms with Crippen LogP contribution in [0.25, 0.3) is 17.0 Å². The number of aliphatic hydroxyl groups is 1. The average Bonchev–Trinajstić information content (AvgIpc) is 3.40. The summed E-state index contributed by atoms with van der Waals surface area (Å²) in [4.78, 5) is 21.4. The zero-order chi connectivity index (χ0) is 22.5. The SMILES string of the molecule is Cc1ccc(-c2noc(C3CC(F)(F)C3)n2)cc1NC(=O)c1cnc2ccc(CO)cn12. The van der Waals surface area contributed by atoms with Crippen LogP contribution in [-0.4, -0.2) is 36.5 Å². The fraction of sp³-hybridized carbons (Fsp3) is 0.273. The third-order valence-corrected chi connectivity index (χ3v) is 5.61. The first kappa shape index (κ1) is 20.3. The molecule has 4 aromatic rings. The molecule has 10 heteroatoms. The number of halogens is 2. The van der Waals surface area contributed by atoms with Crippen LogP contribution in [0.5, 0.6) is 0 Å². The van der Waals surface area contributed by atoms with Gasteiger partial charge in [0.1, 0.15) is 11.3 Å². The van der Waals surface area contributed by atoms with Gasteiger partial charge in [0.15, 0.2) is 0 Å². The number of imidazole rings is 1. The number of carbonyl (C=O) groups is 1. The van der Waals surface area contributed by atoms with Crippen molar-refractivity contribution < 1.29 is 23.2 Å². The number of nitrogens with zero attached hydrogens (tertiary/aromatic N) is 4. The third-order valence-electron chi connectivity index (χ3n) is 5.61. The zero-order valence-electron chi connectivity index (χ0n) is 17.0. The number of aliphatic hydroxyl groups excluding tert-OH is 1. The quantitative estimate of drug-likeness (QED) is 0.488. The predicted octanol–water partition coefficient (Wildman–Crippen LogP) is 3.95. The number of amides is 1. The Hall–Kier alpha value is -3.66. The van der Waals surface area contributed by atoms with Gasteiger partial charge in [-0.15, -0.1) is 0 Å². The molecule has 0 saturated heterocycles. The Morgan fingerprint density at radius 1 is 1.31 bits per heavy atom. The lowest BCUT2D eigenvalue weighted by molar-refractivity contribution is -0.0925. The molecule has 0 unspecified atom stereocenters. The van der Waals surface area contributed by atoms with Crippen molar-refractivity contribution in [3.63, 3.8) is 0 Å². The van der Waals surface area contributed by atoms with Crippen molar-refractivity contribution in [2.45, 2.75) is 38.2 Å². The van der Waals surface area contributed by atoms with E-state index in [2.05, 4.69) is 20.4 Å². The number of hydrogen-bond acceptors (Lipinski definition) is 6. The zero-order valence-corrected chi connectivity index (χ0v) is 17.0. The molecule has 5 rings (SSSR count). The number of nitrogens with one attached hydrogen (secondary N) is 1. The molecule has 3 aromatic heterocycles. The highest BCUT2D eigenvalue weighted by atomic mass is 19.3. The number of hydrogen-bond donors (Lipinski definition) is 2. The van der Waals surface area contributed by atoms with Gasteiger partial charge in [0, 0.05) is 36.2 Å². The van der Waals surface area contributed by atoms with Gasteiger partial charge in [-0.3, -0.25) is 9.20 Å². The minimum atomic E-state index is -2.67. The normalized spacial score (nSPS) is 15.6. The maximum absolute atomic E-state index is 13.1. The lowest BCUT2D eigenvalue weighted by Gasteiger charge is -2.31. The largest absolute Gasteiger partial charge is 0.392 e. The minimum absolute atomic E-state index is 0.151. The molecule has 0 aliphatic heterocycles. The summed E-state index contributed by atoms with van der Waals surface area (Å²) in [5.41, 5.74) is 3.50. The second-order valence-corrected chi connectivity index (χ2v) is 7.97. The van der Waals surface area contributed by atoms with Gasteiger partial charge in [-0.2, -0.15) is 4.98 Å². The molecule has 164 valence electrons. The van der Waals surface area contributed by atoms with Crippen LogP contribution in [-0.2, 0) is 6.61 Å². The molecular formula is C22H19F2N5O3. The number of aryl methyl sites for hydroxylation is 1. The number of benzene rings is 1. The van der Waals surface area contributed by atoms with Crippen molar-refractivity contribution in [3.05, 3.63) is 65.4 Å². The van der Waals surface area contributed by atoms with E-state index in [1.807, 2.05) is 6.92 Å². The Bertz CT molecular complexity index is 1320. The van der Waals surface area contributed by atoms with Crippen molar-refractivity contribution in [1.29, 1.82) is 0 Å². The molecule has 0 radical (unpaired) electrons. The number of fused-ring (bicyclic) bond motifs is 1. The second-order valence-electron chi connectivity index (χ2n) is 7.97. The molecule has 1 amide bonds. The number of aromatic nitrogens is 4. The molecule has 0 spiro atoms. The van der Waals surface area contributed by atoms with Gasteiger partial charge < -0.3 is 14.9 Å². The first-order valence-electron chi connectivity index (χ1n) is 10.0. The molecule has 2 N–H and O–H groups in total. The van der Waals surface area contributed by atoms with E-state index < -0.39 is 11.8 Å². The standard InChI is InChI=1S/C22H19F2N5O3/c1-12-2-4-14(19-27-21(32-28-19)15-7-22(23,24)8-15)6-16(12)26-20(31)17-9-25-18-5-3-13(11-30)10-29(17)18/h2-6,9-10,15,30H,7-8,11H2,1H3,(H,26,31). The second kappa shape index (κ2) is 7.49. The fourth-order valence-corrected chi connectivity index (χ4v) is 3.72. The van der Waals surface area contributed by atoms with Gasteiger partial charge in [-0.05, 0) is 30.2 Å². The van der Waals surface area contributed by atoms with E-state index in [4.69, 9.17) is 4.52 Å². The number of carbonyl (C=O) groups excluding carboxylic acids is 1. The van der Waals surface area contributed by atoms with Gasteiger partial charge in [0.25, 0.3) is 5.91 Å². The highest BCUT2D eigenvalue weighted by Crippen LogP contribution is 2.47. The summed E-state index contributed by atoms with van der Waals surface area (Å²) < 4.78 is 33.1. The maximum Gasteiger partial charge on any atom is 0.274 e. The van der Waals surface area contributed by atoms with Gasteiger partial charge in [-0.1, -0.05) is 23.4 Å². The van der Waals surface area contributed by atoms with Crippen LogP contribution in [0.3, 0.4) is 0 Å². The molecule has 1 saturated carbocycles. The Balaban J connectivity index is 1.39. The predicted molar refractivity (Wildman–Crippen MR) is 110 cm³/mol. The maximum atomic E-state index is 13.1. The summed E-state index contributed by atoms with van der Waals surface area (Å²) in [5.74, 6) is -3.01. The number of rotatable bonds is 5. The first-order valence-corrected chi connectivity index (χ1v) is 10.0. The Labute approximate surface area is 180 Å². The van der Waals surface area contributed by atoms with Crippen LogP contribution in [0.2, 0.25) is 0 Å². The molecule has 0 bridgehead atoms. The van der Waals surface area contributed by atoms with Crippen molar-refractivity contribution in [3.8, 4) is 11.4 Å². The van der Waals surface area contributed by atoms with Gasteiger partial charge in [0.2, 0.25) is 17.6 Å².